The van der Waals surface area contributed by atoms with Crippen LogP contribution in [-0.2, 0) is 0 Å². The monoisotopic (exact) mass is 219 g/mol. The van der Waals surface area contributed by atoms with E-state index in [9.17, 15) is 0 Å². The Morgan fingerprint density at radius 1 is 1.64 bits per heavy atom. The topological polar surface area (TPSA) is 48.4 Å². The molecule has 0 bridgehead atoms. The Labute approximate surface area is 73.6 Å². The number of rotatable bonds is 4. The van der Waals surface area contributed by atoms with Crippen LogP contribution in [0, 0.1) is 0 Å². The molecule has 2 N–H and O–H groups in total. The molecule has 4 heteroatoms. The van der Waals surface area contributed by atoms with Gasteiger partial charge in [0, 0.05) is 6.07 Å². The summed E-state index contributed by atoms with van der Waals surface area (Å²) in [5.74, 6) is 0.533. The molecule has 1 heterocycles. The summed E-state index contributed by atoms with van der Waals surface area (Å²) in [6.45, 7) is 1.25. The van der Waals surface area contributed by atoms with Crippen LogP contribution in [-0.4, -0.2) is 13.2 Å². The van der Waals surface area contributed by atoms with Crippen molar-refractivity contribution < 1.29 is 9.15 Å². The first-order valence-electron chi connectivity index (χ1n) is 3.40. The molecule has 0 atom stereocenters. The third-order valence-corrected chi connectivity index (χ3v) is 1.55. The van der Waals surface area contributed by atoms with Gasteiger partial charge in [0.2, 0.25) is 0 Å². The van der Waals surface area contributed by atoms with Crippen molar-refractivity contribution >= 4 is 15.9 Å². The third-order valence-electron chi connectivity index (χ3n) is 1.14. The zero-order valence-electron chi connectivity index (χ0n) is 6.05. The van der Waals surface area contributed by atoms with E-state index in [2.05, 4.69) is 15.9 Å². The summed E-state index contributed by atoms with van der Waals surface area (Å²) < 4.78 is 11.1. The highest BCUT2D eigenvalue weighted by Gasteiger charge is 1.98. The van der Waals surface area contributed by atoms with Crippen LogP contribution in [0.4, 0.5) is 0 Å². The van der Waals surface area contributed by atoms with E-state index in [-0.39, 0.29) is 0 Å². The molecule has 3 nitrogen and oxygen atoms in total. The second-order valence-corrected chi connectivity index (χ2v) is 2.99. The SMILES string of the molecule is NCCCOc1cc(Br)co1. The maximum Gasteiger partial charge on any atom is 0.285 e. The van der Waals surface area contributed by atoms with Gasteiger partial charge in [-0.1, -0.05) is 0 Å². The van der Waals surface area contributed by atoms with E-state index < -0.39 is 0 Å². The fourth-order valence-electron chi connectivity index (χ4n) is 0.627. The Balaban J connectivity index is 2.27. The highest BCUT2D eigenvalue weighted by molar-refractivity contribution is 9.10. The van der Waals surface area contributed by atoms with Gasteiger partial charge in [0.05, 0.1) is 11.1 Å². The van der Waals surface area contributed by atoms with E-state index in [1.807, 2.05) is 0 Å². The minimum absolute atomic E-state index is 0.533. The highest BCUT2D eigenvalue weighted by Crippen LogP contribution is 2.20. The Hall–Kier alpha value is -0.480. The first-order valence-corrected chi connectivity index (χ1v) is 4.19. The average molecular weight is 220 g/mol. The van der Waals surface area contributed by atoms with Crippen LogP contribution in [0.25, 0.3) is 0 Å². The molecule has 0 saturated carbocycles. The molecule has 0 aliphatic rings. The molecular weight excluding hydrogens is 210 g/mol. The van der Waals surface area contributed by atoms with E-state index in [1.54, 1.807) is 12.3 Å². The molecule has 1 rings (SSSR count). The normalized spacial score (nSPS) is 10.0. The van der Waals surface area contributed by atoms with Crippen LogP contribution < -0.4 is 10.5 Å². The Morgan fingerprint density at radius 3 is 3.00 bits per heavy atom. The lowest BCUT2D eigenvalue weighted by Gasteiger charge is -1.98. The second kappa shape index (κ2) is 4.41. The van der Waals surface area contributed by atoms with E-state index >= 15 is 0 Å². The fraction of sp³-hybridized carbons (Fsp3) is 0.429. The molecule has 1 aromatic heterocycles. The maximum absolute atomic E-state index is 5.28. The number of hydrogen-bond donors (Lipinski definition) is 1. The van der Waals surface area contributed by atoms with Crippen molar-refractivity contribution in [2.75, 3.05) is 13.2 Å². The number of hydrogen-bond acceptors (Lipinski definition) is 3. The predicted octanol–water partition coefficient (Wildman–Crippen LogP) is 1.77. The second-order valence-electron chi connectivity index (χ2n) is 2.07. The van der Waals surface area contributed by atoms with E-state index in [0.717, 1.165) is 10.9 Å². The molecule has 0 aromatic carbocycles. The van der Waals surface area contributed by atoms with Gasteiger partial charge in [-0.3, -0.25) is 0 Å². The number of ether oxygens (including phenoxy) is 1. The lowest BCUT2D eigenvalue weighted by Crippen LogP contribution is -2.05. The van der Waals surface area contributed by atoms with Gasteiger partial charge in [-0.2, -0.15) is 0 Å². The standard InChI is InChI=1S/C7H10BrNO2/c8-6-4-7(11-5-6)10-3-1-2-9/h4-5H,1-3,9H2. The summed E-state index contributed by atoms with van der Waals surface area (Å²) in [6.07, 6.45) is 2.43. The fourth-order valence-corrected chi connectivity index (χ4v) is 0.907. The van der Waals surface area contributed by atoms with Gasteiger partial charge in [-0.05, 0) is 28.9 Å². The quantitative estimate of drug-likeness (QED) is 0.786. The zero-order chi connectivity index (χ0) is 8.10. The van der Waals surface area contributed by atoms with Crippen molar-refractivity contribution in [3.8, 4) is 5.95 Å². The molecule has 0 amide bonds. The predicted molar refractivity (Wildman–Crippen MR) is 45.6 cm³/mol. The molecule has 0 radical (unpaired) electrons. The molecule has 0 aliphatic heterocycles. The van der Waals surface area contributed by atoms with Crippen molar-refractivity contribution in [1.82, 2.24) is 0 Å². The molecule has 0 saturated heterocycles. The molecule has 62 valence electrons. The van der Waals surface area contributed by atoms with Gasteiger partial charge in [-0.15, -0.1) is 0 Å². The van der Waals surface area contributed by atoms with Crippen LogP contribution in [0.3, 0.4) is 0 Å². The van der Waals surface area contributed by atoms with Crippen molar-refractivity contribution in [1.29, 1.82) is 0 Å². The molecule has 0 aliphatic carbocycles. The van der Waals surface area contributed by atoms with E-state index in [1.165, 1.54) is 0 Å². The van der Waals surface area contributed by atoms with Gasteiger partial charge in [0.25, 0.3) is 5.95 Å². The summed E-state index contributed by atoms with van der Waals surface area (Å²) in [5, 5.41) is 0. The maximum atomic E-state index is 5.28. The molecule has 1 aromatic rings. The van der Waals surface area contributed by atoms with Gasteiger partial charge in [0.15, 0.2) is 0 Å². The van der Waals surface area contributed by atoms with E-state index in [4.69, 9.17) is 14.9 Å². The van der Waals surface area contributed by atoms with Crippen molar-refractivity contribution in [2.24, 2.45) is 5.73 Å². The van der Waals surface area contributed by atoms with Crippen LogP contribution >= 0.6 is 15.9 Å². The molecule has 11 heavy (non-hydrogen) atoms. The Bertz CT molecular complexity index is 212. The van der Waals surface area contributed by atoms with Gasteiger partial charge in [-0.25, -0.2) is 0 Å². The van der Waals surface area contributed by atoms with Crippen molar-refractivity contribution in [3.63, 3.8) is 0 Å². The molecular formula is C7H10BrNO2. The summed E-state index contributed by atoms with van der Waals surface area (Å²) in [6, 6.07) is 1.77. The van der Waals surface area contributed by atoms with Crippen LogP contribution in [0.15, 0.2) is 21.2 Å². The van der Waals surface area contributed by atoms with Gasteiger partial charge in [0.1, 0.15) is 6.26 Å². The summed E-state index contributed by atoms with van der Waals surface area (Å²) in [4.78, 5) is 0. The van der Waals surface area contributed by atoms with Gasteiger partial charge < -0.3 is 14.9 Å². The third kappa shape index (κ3) is 2.95. The molecule has 0 fully saturated rings. The zero-order valence-corrected chi connectivity index (χ0v) is 7.63. The molecule has 0 spiro atoms. The molecule has 0 unspecified atom stereocenters. The number of furan rings is 1. The number of halogens is 1. The average Bonchev–Trinajstić information content (AvgIpc) is 2.37. The van der Waals surface area contributed by atoms with Crippen LogP contribution in [0.2, 0.25) is 0 Å². The Morgan fingerprint density at radius 2 is 2.45 bits per heavy atom. The van der Waals surface area contributed by atoms with Crippen LogP contribution in [0.5, 0.6) is 5.95 Å². The van der Waals surface area contributed by atoms with Crippen molar-refractivity contribution in [2.45, 2.75) is 6.42 Å². The summed E-state index contributed by atoms with van der Waals surface area (Å²) >= 11 is 3.24. The largest absolute Gasteiger partial charge is 0.465 e. The first kappa shape index (κ1) is 8.62. The first-order chi connectivity index (χ1) is 5.33. The summed E-state index contributed by atoms with van der Waals surface area (Å²) in [7, 11) is 0. The minimum atomic E-state index is 0.533. The van der Waals surface area contributed by atoms with Gasteiger partial charge >= 0.3 is 0 Å². The lowest BCUT2D eigenvalue weighted by molar-refractivity contribution is 0.241. The minimum Gasteiger partial charge on any atom is -0.465 e. The smallest absolute Gasteiger partial charge is 0.285 e. The number of nitrogens with two attached hydrogens (primary N) is 1. The van der Waals surface area contributed by atoms with Crippen LogP contribution in [0.1, 0.15) is 6.42 Å². The van der Waals surface area contributed by atoms with Crippen molar-refractivity contribution in [3.05, 3.63) is 16.8 Å². The Kier molecular flexibility index (Phi) is 3.45. The van der Waals surface area contributed by atoms with E-state index in [0.29, 0.717) is 19.1 Å². The lowest BCUT2D eigenvalue weighted by atomic mass is 10.5. The highest BCUT2D eigenvalue weighted by atomic mass is 79.9. The summed E-state index contributed by atoms with van der Waals surface area (Å²) in [5.41, 5.74) is 5.28.